The lowest BCUT2D eigenvalue weighted by Gasteiger charge is -2.04. The Morgan fingerprint density at radius 2 is 2.29 bits per heavy atom. The van der Waals surface area contributed by atoms with Crippen molar-refractivity contribution in [3.05, 3.63) is 36.2 Å². The maximum Gasteiger partial charge on any atom is 0.168 e. The predicted octanol–water partition coefficient (Wildman–Crippen LogP) is 2.06. The Morgan fingerprint density at radius 1 is 1.43 bits per heavy atom. The van der Waals surface area contributed by atoms with Crippen molar-refractivity contribution in [1.29, 1.82) is 0 Å². The maximum absolute atomic E-state index is 10.5. The molecule has 3 nitrogen and oxygen atoms in total. The van der Waals surface area contributed by atoms with Crippen molar-refractivity contribution in [1.82, 2.24) is 4.98 Å². The molecule has 1 aromatic carbocycles. The van der Waals surface area contributed by atoms with Crippen LogP contribution in [-0.4, -0.2) is 18.4 Å². The van der Waals surface area contributed by atoms with Gasteiger partial charge in [0.2, 0.25) is 0 Å². The molecule has 1 aromatic heterocycles. The van der Waals surface area contributed by atoms with E-state index in [0.717, 1.165) is 22.8 Å². The third-order valence-corrected chi connectivity index (χ3v) is 2.09. The molecule has 0 saturated heterocycles. The van der Waals surface area contributed by atoms with E-state index < -0.39 is 0 Å². The number of methoxy groups -OCH3 is 1. The molecule has 0 N–H and O–H groups in total. The predicted molar refractivity (Wildman–Crippen MR) is 53.7 cm³/mol. The molecule has 1 heterocycles. The van der Waals surface area contributed by atoms with Gasteiger partial charge in [-0.15, -0.1) is 0 Å². The summed E-state index contributed by atoms with van der Waals surface area (Å²) in [5, 5.41) is 1.88. The van der Waals surface area contributed by atoms with Gasteiger partial charge in [0.25, 0.3) is 0 Å². The number of fused-ring (bicyclic) bond motifs is 1. The fourth-order valence-electron chi connectivity index (χ4n) is 1.40. The minimum Gasteiger partial charge on any atom is -0.496 e. The number of carbonyl (C=O) groups is 1. The Balaban J connectivity index is 2.76. The zero-order valence-electron chi connectivity index (χ0n) is 7.73. The van der Waals surface area contributed by atoms with Gasteiger partial charge in [0.1, 0.15) is 11.4 Å². The molecule has 2 aromatic rings. The van der Waals surface area contributed by atoms with Crippen molar-refractivity contribution in [3.63, 3.8) is 0 Å². The minimum atomic E-state index is 0.419. The molecule has 70 valence electrons. The highest BCUT2D eigenvalue weighted by atomic mass is 16.5. The SMILES string of the molecule is COc1cccc2cnc(C=O)cc12. The van der Waals surface area contributed by atoms with E-state index in [9.17, 15) is 4.79 Å². The second-order valence-electron chi connectivity index (χ2n) is 2.91. The van der Waals surface area contributed by atoms with E-state index in [4.69, 9.17) is 4.74 Å². The molecule has 0 radical (unpaired) electrons. The van der Waals surface area contributed by atoms with Crippen molar-refractivity contribution in [2.75, 3.05) is 7.11 Å². The summed E-state index contributed by atoms with van der Waals surface area (Å²) < 4.78 is 5.18. The molecule has 0 unspecified atom stereocenters. The van der Waals surface area contributed by atoms with E-state index in [1.807, 2.05) is 18.2 Å². The Labute approximate surface area is 81.3 Å². The van der Waals surface area contributed by atoms with Gasteiger partial charge in [0.05, 0.1) is 7.11 Å². The van der Waals surface area contributed by atoms with Gasteiger partial charge in [0.15, 0.2) is 6.29 Å². The highest BCUT2D eigenvalue weighted by Crippen LogP contribution is 2.24. The molecule has 0 bridgehead atoms. The van der Waals surface area contributed by atoms with E-state index in [-0.39, 0.29) is 0 Å². The zero-order valence-corrected chi connectivity index (χ0v) is 7.73. The number of rotatable bonds is 2. The van der Waals surface area contributed by atoms with Gasteiger partial charge in [-0.2, -0.15) is 0 Å². The highest BCUT2D eigenvalue weighted by Gasteiger charge is 2.01. The van der Waals surface area contributed by atoms with Crippen molar-refractivity contribution in [3.8, 4) is 5.75 Å². The largest absolute Gasteiger partial charge is 0.496 e. The maximum atomic E-state index is 10.5. The van der Waals surface area contributed by atoms with Crippen LogP contribution in [0, 0.1) is 0 Å². The van der Waals surface area contributed by atoms with Crippen LogP contribution in [0.3, 0.4) is 0 Å². The Morgan fingerprint density at radius 3 is 3.00 bits per heavy atom. The summed E-state index contributed by atoms with van der Waals surface area (Å²) in [7, 11) is 1.61. The Bertz CT molecular complexity index is 480. The van der Waals surface area contributed by atoms with Crippen LogP contribution in [0.1, 0.15) is 10.5 Å². The van der Waals surface area contributed by atoms with E-state index in [1.165, 1.54) is 0 Å². The molecule has 3 heteroatoms. The smallest absolute Gasteiger partial charge is 0.168 e. The second-order valence-corrected chi connectivity index (χ2v) is 2.91. The van der Waals surface area contributed by atoms with Crippen LogP contribution >= 0.6 is 0 Å². The summed E-state index contributed by atoms with van der Waals surface area (Å²) in [6, 6.07) is 7.40. The van der Waals surface area contributed by atoms with E-state index in [0.29, 0.717) is 5.69 Å². The summed E-state index contributed by atoms with van der Waals surface area (Å²) in [6.45, 7) is 0. The number of nitrogens with zero attached hydrogens (tertiary/aromatic N) is 1. The molecule has 0 spiro atoms. The van der Waals surface area contributed by atoms with Crippen LogP contribution in [0.25, 0.3) is 10.8 Å². The van der Waals surface area contributed by atoms with Crippen LogP contribution in [0.15, 0.2) is 30.5 Å². The normalized spacial score (nSPS) is 10.1. The zero-order chi connectivity index (χ0) is 9.97. The lowest BCUT2D eigenvalue weighted by Crippen LogP contribution is -1.89. The Kier molecular flexibility index (Phi) is 2.14. The number of hydrogen-bond donors (Lipinski definition) is 0. The number of aldehydes is 1. The van der Waals surface area contributed by atoms with Gasteiger partial charge in [0, 0.05) is 17.0 Å². The molecule has 0 aliphatic rings. The molecule has 0 aliphatic carbocycles. The summed E-state index contributed by atoms with van der Waals surface area (Å²) >= 11 is 0. The highest BCUT2D eigenvalue weighted by molar-refractivity contribution is 5.91. The first-order valence-corrected chi connectivity index (χ1v) is 4.23. The quantitative estimate of drug-likeness (QED) is 0.675. The van der Waals surface area contributed by atoms with Gasteiger partial charge in [-0.05, 0) is 12.1 Å². The average Bonchev–Trinajstić information content (AvgIpc) is 2.27. The van der Waals surface area contributed by atoms with Gasteiger partial charge in [-0.1, -0.05) is 12.1 Å². The fraction of sp³-hybridized carbons (Fsp3) is 0.0909. The van der Waals surface area contributed by atoms with Crippen molar-refractivity contribution < 1.29 is 9.53 Å². The number of pyridine rings is 1. The lowest BCUT2D eigenvalue weighted by atomic mass is 10.1. The topological polar surface area (TPSA) is 39.2 Å². The van der Waals surface area contributed by atoms with Crippen LogP contribution in [0.2, 0.25) is 0 Å². The second kappa shape index (κ2) is 3.46. The van der Waals surface area contributed by atoms with E-state index in [1.54, 1.807) is 19.4 Å². The van der Waals surface area contributed by atoms with Crippen molar-refractivity contribution in [2.45, 2.75) is 0 Å². The van der Waals surface area contributed by atoms with Crippen molar-refractivity contribution >= 4 is 17.1 Å². The third kappa shape index (κ3) is 1.33. The third-order valence-electron chi connectivity index (χ3n) is 2.09. The van der Waals surface area contributed by atoms with Crippen LogP contribution < -0.4 is 4.74 Å². The summed E-state index contributed by atoms with van der Waals surface area (Å²) in [5.41, 5.74) is 0.419. The van der Waals surface area contributed by atoms with Gasteiger partial charge >= 0.3 is 0 Å². The van der Waals surface area contributed by atoms with Gasteiger partial charge in [-0.3, -0.25) is 9.78 Å². The minimum absolute atomic E-state index is 0.419. The molecule has 0 aliphatic heterocycles. The molecule has 14 heavy (non-hydrogen) atoms. The summed E-state index contributed by atoms with van der Waals surface area (Å²) in [5.74, 6) is 0.757. The number of benzene rings is 1. The molecular formula is C11H9NO2. The first-order chi connectivity index (χ1) is 6.85. The van der Waals surface area contributed by atoms with E-state index in [2.05, 4.69) is 4.98 Å². The summed E-state index contributed by atoms with van der Waals surface area (Å²) in [6.07, 6.45) is 2.40. The average molecular weight is 187 g/mol. The summed E-state index contributed by atoms with van der Waals surface area (Å²) in [4.78, 5) is 14.5. The van der Waals surface area contributed by atoms with Crippen LogP contribution in [0.5, 0.6) is 5.75 Å². The Hall–Kier alpha value is -1.90. The first-order valence-electron chi connectivity index (χ1n) is 4.23. The molecule has 0 fully saturated rings. The molecule has 0 saturated carbocycles. The molecule has 0 amide bonds. The molecular weight excluding hydrogens is 178 g/mol. The first kappa shape index (κ1) is 8.69. The molecule has 0 atom stereocenters. The number of carbonyl (C=O) groups excluding carboxylic acids is 1. The van der Waals surface area contributed by atoms with Gasteiger partial charge < -0.3 is 4.74 Å². The number of ether oxygens (including phenoxy) is 1. The standard InChI is InChI=1S/C11H9NO2/c1-14-11-4-2-3-8-6-12-9(7-13)5-10(8)11/h2-7H,1H3. The molecule has 2 rings (SSSR count). The van der Waals surface area contributed by atoms with Gasteiger partial charge in [-0.25, -0.2) is 0 Å². The monoisotopic (exact) mass is 187 g/mol. The lowest BCUT2D eigenvalue weighted by molar-refractivity contribution is 0.111. The van der Waals surface area contributed by atoms with Crippen LogP contribution in [0.4, 0.5) is 0 Å². The van der Waals surface area contributed by atoms with E-state index >= 15 is 0 Å². The van der Waals surface area contributed by atoms with Crippen LogP contribution in [-0.2, 0) is 0 Å². The number of hydrogen-bond acceptors (Lipinski definition) is 3. The van der Waals surface area contributed by atoms with Crippen molar-refractivity contribution in [2.24, 2.45) is 0 Å². The fourth-order valence-corrected chi connectivity index (χ4v) is 1.40. The number of aromatic nitrogens is 1.